The second-order valence-electron chi connectivity index (χ2n) is 23.7. The van der Waals surface area contributed by atoms with Gasteiger partial charge in [-0.1, -0.05) is 34.6 Å². The van der Waals surface area contributed by atoms with E-state index in [4.69, 9.17) is 37.9 Å². The first-order chi connectivity index (χ1) is 31.1. The monoisotopic (exact) mass is 961 g/mol. The van der Waals surface area contributed by atoms with Crippen molar-refractivity contribution in [3.05, 3.63) is 0 Å². The van der Waals surface area contributed by atoms with Gasteiger partial charge in [0.1, 0.15) is 73.2 Å². The van der Waals surface area contributed by atoms with E-state index < -0.39 is 134 Å². The summed E-state index contributed by atoms with van der Waals surface area (Å²) in [7, 11) is 0. The van der Waals surface area contributed by atoms with E-state index in [0.717, 1.165) is 32.1 Å². The third kappa shape index (κ3) is 8.66. The van der Waals surface area contributed by atoms with Gasteiger partial charge in [-0.15, -0.1) is 0 Å². The normalized spacial score (nSPS) is 55.2. The minimum atomic E-state index is -1.72. The predicted molar refractivity (Wildman–Crippen MR) is 232 cm³/mol. The van der Waals surface area contributed by atoms with E-state index in [1.165, 1.54) is 6.92 Å². The second kappa shape index (κ2) is 18.4. The number of aliphatic hydroxyl groups excluding tert-OH is 10. The standard InChI is InChI=1S/C48H80O19/c1-21(49)63-26-17-48(9,67-44(4,5)39(26)59)22-10-14-47(8)31(22)23(50)16-29-45(6)13-12-30(43(2,3)28(45)11-15-46(29,47)7)65-42-38(66-41-37(58)33(54)25(52)19-61-41)35(56)34(55)27(64-42)20-62-40-36(57)32(53)24(51)18-60-40/h22-42,50-59H,10-20H2,1-9H3. The SMILES string of the molecule is CC(=O)OC1CC(C)(C2CCC3(C)C2C(O)CC2C4(C)CCC(OC5OC(COC6OCC(O)C(O)C6O)C(O)C(O)C5OC5OCC(O)C(O)C5O)C(C)(C)C4CCC23C)OC(C)(C)C1O. The molecule has 4 aliphatic heterocycles. The van der Waals surface area contributed by atoms with Crippen molar-refractivity contribution in [3.63, 3.8) is 0 Å². The van der Waals surface area contributed by atoms with E-state index in [-0.39, 0.29) is 53.1 Å². The molecule has 4 aliphatic carbocycles. The molecule has 25 atom stereocenters. The van der Waals surface area contributed by atoms with E-state index in [9.17, 15) is 55.9 Å². The molecule has 0 aromatic rings. The Morgan fingerprint density at radius 1 is 0.642 bits per heavy atom. The molecule has 0 bridgehead atoms. The number of rotatable bonds is 9. The lowest BCUT2D eigenvalue weighted by atomic mass is 9.35. The summed E-state index contributed by atoms with van der Waals surface area (Å²) in [5.41, 5.74) is -2.97. The van der Waals surface area contributed by atoms with Crippen molar-refractivity contribution in [3.8, 4) is 0 Å². The van der Waals surface area contributed by atoms with Gasteiger partial charge in [0.2, 0.25) is 0 Å². The van der Waals surface area contributed by atoms with Crippen LogP contribution < -0.4 is 0 Å². The highest BCUT2D eigenvalue weighted by Crippen LogP contribution is 2.76. The Balaban J connectivity index is 1.02. The predicted octanol–water partition coefficient (Wildman–Crippen LogP) is 0.00420. The van der Waals surface area contributed by atoms with Crippen LogP contribution in [-0.2, 0) is 42.7 Å². The summed E-state index contributed by atoms with van der Waals surface area (Å²) in [5.74, 6) is -0.389. The number of ether oxygens (including phenoxy) is 8. The summed E-state index contributed by atoms with van der Waals surface area (Å²) in [5, 5.41) is 109. The number of hydrogen-bond acceptors (Lipinski definition) is 19. The summed E-state index contributed by atoms with van der Waals surface area (Å²) < 4.78 is 48.5. The first-order valence-corrected chi connectivity index (χ1v) is 24.6. The number of esters is 1. The Morgan fingerprint density at radius 3 is 1.90 bits per heavy atom. The van der Waals surface area contributed by atoms with Crippen molar-refractivity contribution in [1.29, 1.82) is 0 Å². The molecule has 8 fully saturated rings. The van der Waals surface area contributed by atoms with Crippen LogP contribution in [0.3, 0.4) is 0 Å². The van der Waals surface area contributed by atoms with Crippen LogP contribution in [0.25, 0.3) is 0 Å². The van der Waals surface area contributed by atoms with Crippen molar-refractivity contribution in [2.24, 2.45) is 45.3 Å². The average molecular weight is 961 g/mol. The van der Waals surface area contributed by atoms with Crippen LogP contribution >= 0.6 is 0 Å². The third-order valence-corrected chi connectivity index (χ3v) is 19.2. The van der Waals surface area contributed by atoms with Crippen LogP contribution in [0, 0.1) is 45.3 Å². The Kier molecular flexibility index (Phi) is 14.3. The molecule has 4 saturated heterocycles. The molecule has 25 unspecified atom stereocenters. The fourth-order valence-corrected chi connectivity index (χ4v) is 15.5. The number of carbonyl (C=O) groups excluding carboxylic acids is 1. The summed E-state index contributed by atoms with van der Waals surface area (Å²) in [6.45, 7) is 17.4. The first kappa shape index (κ1) is 52.1. The van der Waals surface area contributed by atoms with E-state index >= 15 is 0 Å². The van der Waals surface area contributed by atoms with Gasteiger partial charge in [0, 0.05) is 13.3 Å². The molecule has 10 N–H and O–H groups in total. The molecule has 67 heavy (non-hydrogen) atoms. The quantitative estimate of drug-likeness (QED) is 0.108. The van der Waals surface area contributed by atoms with Crippen LogP contribution in [0.5, 0.6) is 0 Å². The molecule has 0 amide bonds. The van der Waals surface area contributed by atoms with Crippen LogP contribution in [0.2, 0.25) is 0 Å². The molecule has 19 heteroatoms. The number of carbonyl (C=O) groups is 1. The minimum Gasteiger partial charge on any atom is -0.460 e. The Morgan fingerprint density at radius 2 is 1.25 bits per heavy atom. The smallest absolute Gasteiger partial charge is 0.302 e. The van der Waals surface area contributed by atoms with Crippen LogP contribution in [-0.4, -0.2) is 192 Å². The maximum Gasteiger partial charge on any atom is 0.302 e. The zero-order valence-electron chi connectivity index (χ0n) is 40.5. The Hall–Kier alpha value is -1.21. The van der Waals surface area contributed by atoms with Crippen LogP contribution in [0.15, 0.2) is 0 Å². The lowest BCUT2D eigenvalue weighted by Gasteiger charge is -2.71. The second-order valence-corrected chi connectivity index (χ2v) is 23.7. The zero-order chi connectivity index (χ0) is 49.1. The van der Waals surface area contributed by atoms with E-state index in [2.05, 4.69) is 41.5 Å². The van der Waals surface area contributed by atoms with Gasteiger partial charge in [0.25, 0.3) is 0 Å². The summed E-state index contributed by atoms with van der Waals surface area (Å²) in [4.78, 5) is 12.2. The molecule has 4 saturated carbocycles. The van der Waals surface area contributed by atoms with Crippen LogP contribution in [0.1, 0.15) is 114 Å². The molecule has 4 heterocycles. The molecule has 0 aromatic carbocycles. The van der Waals surface area contributed by atoms with E-state index in [0.29, 0.717) is 19.3 Å². The first-order valence-electron chi connectivity index (χ1n) is 24.6. The molecule has 0 radical (unpaired) electrons. The number of hydrogen-bond donors (Lipinski definition) is 10. The fraction of sp³-hybridized carbons (Fsp3) is 0.979. The van der Waals surface area contributed by atoms with Gasteiger partial charge in [-0.3, -0.25) is 4.79 Å². The lowest BCUT2D eigenvalue weighted by Crippen LogP contribution is -2.68. The Bertz CT molecular complexity index is 1770. The minimum absolute atomic E-state index is 0.0526. The van der Waals surface area contributed by atoms with Crippen molar-refractivity contribution in [2.75, 3.05) is 19.8 Å². The van der Waals surface area contributed by atoms with Crippen LogP contribution in [0.4, 0.5) is 0 Å². The molecule has 8 aliphatic rings. The number of fused-ring (bicyclic) bond motifs is 5. The van der Waals surface area contributed by atoms with Gasteiger partial charge in [0.05, 0.1) is 43.2 Å². The lowest BCUT2D eigenvalue weighted by molar-refractivity contribution is -0.375. The third-order valence-electron chi connectivity index (χ3n) is 19.2. The molecule has 0 aromatic heterocycles. The van der Waals surface area contributed by atoms with E-state index in [1.54, 1.807) is 0 Å². The average Bonchev–Trinajstić information content (AvgIpc) is 3.63. The van der Waals surface area contributed by atoms with Crippen molar-refractivity contribution in [1.82, 2.24) is 0 Å². The zero-order valence-corrected chi connectivity index (χ0v) is 40.5. The highest BCUT2D eigenvalue weighted by molar-refractivity contribution is 5.66. The van der Waals surface area contributed by atoms with Crippen molar-refractivity contribution < 1.29 is 93.8 Å². The maximum absolute atomic E-state index is 12.6. The summed E-state index contributed by atoms with van der Waals surface area (Å²) >= 11 is 0. The fourth-order valence-electron chi connectivity index (χ4n) is 15.5. The van der Waals surface area contributed by atoms with Crippen molar-refractivity contribution >= 4 is 5.97 Å². The largest absolute Gasteiger partial charge is 0.460 e. The highest BCUT2D eigenvalue weighted by atomic mass is 16.8. The Labute approximate surface area is 393 Å². The summed E-state index contributed by atoms with van der Waals surface area (Å²) in [6.07, 6.45) is -17.0. The molecular weight excluding hydrogens is 881 g/mol. The van der Waals surface area contributed by atoms with Gasteiger partial charge in [-0.2, -0.15) is 0 Å². The molecule has 0 spiro atoms. The summed E-state index contributed by atoms with van der Waals surface area (Å²) in [6, 6.07) is 0. The van der Waals surface area contributed by atoms with Gasteiger partial charge >= 0.3 is 5.97 Å². The molecular formula is C48H80O19. The highest BCUT2D eigenvalue weighted by Gasteiger charge is 2.72. The van der Waals surface area contributed by atoms with Gasteiger partial charge in [-0.05, 0) is 111 Å². The van der Waals surface area contributed by atoms with Crippen molar-refractivity contribution in [2.45, 2.75) is 229 Å². The topological polar surface area (TPSA) is 293 Å². The van der Waals surface area contributed by atoms with Gasteiger partial charge < -0.3 is 89.0 Å². The van der Waals surface area contributed by atoms with E-state index in [1.807, 2.05) is 13.8 Å². The maximum atomic E-state index is 12.6. The molecule has 386 valence electrons. The van der Waals surface area contributed by atoms with Gasteiger partial charge in [-0.25, -0.2) is 0 Å². The molecule has 8 rings (SSSR count). The van der Waals surface area contributed by atoms with Gasteiger partial charge in [0.15, 0.2) is 18.9 Å². The number of aliphatic hydroxyl groups is 10. The molecule has 19 nitrogen and oxygen atoms in total.